The molecule has 1 aromatic carbocycles. The Bertz CT molecular complexity index is 590. The molecule has 1 heterocycles. The molecule has 0 amide bonds. The van der Waals surface area contributed by atoms with Crippen molar-refractivity contribution >= 4 is 11.3 Å². The van der Waals surface area contributed by atoms with Crippen molar-refractivity contribution in [3.8, 4) is 10.4 Å². The largest absolute Gasteiger partial charge is 0.305 e. The van der Waals surface area contributed by atoms with E-state index in [-0.39, 0.29) is 0 Å². The van der Waals surface area contributed by atoms with Gasteiger partial charge in [-0.2, -0.15) is 0 Å². The number of nitrogens with zero attached hydrogens (tertiary/aromatic N) is 1. The zero-order chi connectivity index (χ0) is 15.6. The van der Waals surface area contributed by atoms with Crippen LogP contribution in [0, 0.1) is 5.41 Å². The van der Waals surface area contributed by atoms with Crippen LogP contribution in [0.4, 0.5) is 0 Å². The molecule has 0 fully saturated rings. The van der Waals surface area contributed by atoms with Crippen LogP contribution < -0.4 is 0 Å². The minimum Gasteiger partial charge on any atom is -0.305 e. The summed E-state index contributed by atoms with van der Waals surface area (Å²) in [5.74, 6) is 0.581. The Morgan fingerprint density at radius 3 is 2.33 bits per heavy atom. The Labute approximate surface area is 133 Å². The van der Waals surface area contributed by atoms with E-state index in [9.17, 15) is 0 Å². The third-order valence-electron chi connectivity index (χ3n) is 4.12. The maximum atomic E-state index is 2.33. The average molecular weight is 301 g/mol. The minimum absolute atomic E-state index is 0.311. The van der Waals surface area contributed by atoms with Gasteiger partial charge in [-0.05, 0) is 48.7 Å². The molecule has 0 spiro atoms. The van der Waals surface area contributed by atoms with Crippen LogP contribution in [0.3, 0.4) is 0 Å². The zero-order valence-electron chi connectivity index (χ0n) is 14.1. The van der Waals surface area contributed by atoms with E-state index >= 15 is 0 Å². The number of thiophene rings is 1. The lowest BCUT2D eigenvalue weighted by Crippen LogP contribution is -2.13. The van der Waals surface area contributed by atoms with Gasteiger partial charge in [-0.15, -0.1) is 11.3 Å². The maximum absolute atomic E-state index is 2.33. The molecular formula is C19H27NS. The summed E-state index contributed by atoms with van der Waals surface area (Å²) < 4.78 is 0. The van der Waals surface area contributed by atoms with E-state index in [1.165, 1.54) is 20.9 Å². The van der Waals surface area contributed by atoms with Gasteiger partial charge in [0, 0.05) is 16.3 Å². The minimum atomic E-state index is 0.311. The van der Waals surface area contributed by atoms with Gasteiger partial charge in [0.2, 0.25) is 0 Å². The molecule has 0 radical (unpaired) electrons. The van der Waals surface area contributed by atoms with Gasteiger partial charge in [0.25, 0.3) is 0 Å². The van der Waals surface area contributed by atoms with Crippen LogP contribution in [0.1, 0.15) is 44.1 Å². The van der Waals surface area contributed by atoms with Crippen LogP contribution >= 0.6 is 11.3 Å². The van der Waals surface area contributed by atoms with Gasteiger partial charge in [-0.1, -0.05) is 52.0 Å². The summed E-state index contributed by atoms with van der Waals surface area (Å²) in [4.78, 5) is 5.10. The van der Waals surface area contributed by atoms with Crippen molar-refractivity contribution in [3.05, 3.63) is 46.8 Å². The van der Waals surface area contributed by atoms with Crippen LogP contribution in [0.15, 0.2) is 36.4 Å². The molecule has 2 heteroatoms. The molecule has 0 bridgehead atoms. The molecule has 0 aliphatic rings. The standard InChI is InChI=1S/C19H27NS/c1-14(19(2,3)4)17-11-12-18(21-17)16-10-8-7-9-15(16)13-20(5)6/h7-12,14H,13H2,1-6H3/t14-/m1/s1. The molecule has 0 aliphatic carbocycles. The molecule has 2 aromatic rings. The van der Waals surface area contributed by atoms with Gasteiger partial charge in [-0.25, -0.2) is 0 Å². The molecule has 0 unspecified atom stereocenters. The SMILES string of the molecule is C[C@H](c1ccc(-c2ccccc2CN(C)C)s1)C(C)(C)C. The average Bonchev–Trinajstić information content (AvgIpc) is 2.86. The van der Waals surface area contributed by atoms with Crippen LogP contribution in [0.2, 0.25) is 0 Å². The molecule has 0 N–H and O–H groups in total. The number of benzene rings is 1. The smallest absolute Gasteiger partial charge is 0.0349 e. The lowest BCUT2D eigenvalue weighted by molar-refractivity contribution is 0.343. The summed E-state index contributed by atoms with van der Waals surface area (Å²) in [6.07, 6.45) is 0. The zero-order valence-corrected chi connectivity index (χ0v) is 14.9. The van der Waals surface area contributed by atoms with Gasteiger partial charge in [-0.3, -0.25) is 0 Å². The summed E-state index contributed by atoms with van der Waals surface area (Å²) >= 11 is 1.94. The molecule has 21 heavy (non-hydrogen) atoms. The van der Waals surface area contributed by atoms with Crippen molar-refractivity contribution in [3.63, 3.8) is 0 Å². The summed E-state index contributed by atoms with van der Waals surface area (Å²) in [7, 11) is 4.25. The molecule has 0 saturated carbocycles. The van der Waals surface area contributed by atoms with Gasteiger partial charge < -0.3 is 4.90 Å². The van der Waals surface area contributed by atoms with Crippen molar-refractivity contribution in [2.75, 3.05) is 14.1 Å². The first-order valence-corrected chi connectivity index (χ1v) is 8.43. The van der Waals surface area contributed by atoms with Gasteiger partial charge in [0.1, 0.15) is 0 Å². The predicted octanol–water partition coefficient (Wildman–Crippen LogP) is 5.63. The molecule has 0 aliphatic heterocycles. The third kappa shape index (κ3) is 3.96. The first-order chi connectivity index (χ1) is 9.79. The molecule has 1 atom stereocenters. The summed E-state index contributed by atoms with van der Waals surface area (Å²) in [6.45, 7) is 10.3. The first kappa shape index (κ1) is 16.3. The van der Waals surface area contributed by atoms with Crippen LogP contribution in [-0.4, -0.2) is 19.0 Å². The highest BCUT2D eigenvalue weighted by molar-refractivity contribution is 7.15. The number of hydrogen-bond acceptors (Lipinski definition) is 2. The molecule has 2 rings (SSSR count). The highest BCUT2D eigenvalue weighted by Crippen LogP contribution is 2.41. The second-order valence-electron chi connectivity index (χ2n) is 7.18. The Morgan fingerprint density at radius 1 is 1.05 bits per heavy atom. The monoisotopic (exact) mass is 301 g/mol. The van der Waals surface area contributed by atoms with Crippen molar-refractivity contribution in [1.29, 1.82) is 0 Å². The summed E-state index contributed by atoms with van der Waals surface area (Å²) in [5.41, 5.74) is 3.09. The third-order valence-corrected chi connectivity index (χ3v) is 5.42. The summed E-state index contributed by atoms with van der Waals surface area (Å²) in [5, 5.41) is 0. The lowest BCUT2D eigenvalue weighted by Gasteiger charge is -2.26. The fourth-order valence-electron chi connectivity index (χ4n) is 2.40. The van der Waals surface area contributed by atoms with E-state index in [0.717, 1.165) is 6.54 Å². The van der Waals surface area contributed by atoms with E-state index in [1.54, 1.807) is 0 Å². The fourth-order valence-corrected chi connectivity index (χ4v) is 3.76. The highest BCUT2D eigenvalue weighted by Gasteiger charge is 2.23. The van der Waals surface area contributed by atoms with Gasteiger partial charge in [0.05, 0.1) is 0 Å². The van der Waals surface area contributed by atoms with Gasteiger partial charge >= 0.3 is 0 Å². The van der Waals surface area contributed by atoms with E-state index in [1.807, 2.05) is 11.3 Å². The highest BCUT2D eigenvalue weighted by atomic mass is 32.1. The lowest BCUT2D eigenvalue weighted by atomic mass is 9.81. The van der Waals surface area contributed by atoms with Crippen LogP contribution in [0.5, 0.6) is 0 Å². The summed E-state index contributed by atoms with van der Waals surface area (Å²) in [6, 6.07) is 13.4. The van der Waals surface area contributed by atoms with E-state index in [2.05, 4.69) is 83.1 Å². The predicted molar refractivity (Wildman–Crippen MR) is 95.0 cm³/mol. The van der Waals surface area contributed by atoms with Crippen LogP contribution in [-0.2, 0) is 6.54 Å². The maximum Gasteiger partial charge on any atom is 0.0349 e. The first-order valence-electron chi connectivity index (χ1n) is 7.62. The van der Waals surface area contributed by atoms with E-state index in [4.69, 9.17) is 0 Å². The number of rotatable bonds is 4. The second-order valence-corrected chi connectivity index (χ2v) is 8.30. The molecule has 1 nitrogen and oxygen atoms in total. The van der Waals surface area contributed by atoms with E-state index < -0.39 is 0 Å². The number of hydrogen-bond donors (Lipinski definition) is 0. The fraction of sp³-hybridized carbons (Fsp3) is 0.474. The van der Waals surface area contributed by atoms with Crippen molar-refractivity contribution < 1.29 is 0 Å². The van der Waals surface area contributed by atoms with Crippen molar-refractivity contribution in [2.24, 2.45) is 5.41 Å². The second kappa shape index (κ2) is 6.33. The van der Waals surface area contributed by atoms with Gasteiger partial charge in [0.15, 0.2) is 0 Å². The van der Waals surface area contributed by atoms with Crippen molar-refractivity contribution in [2.45, 2.75) is 40.2 Å². The molecule has 114 valence electrons. The Kier molecular flexibility index (Phi) is 4.90. The van der Waals surface area contributed by atoms with Crippen molar-refractivity contribution in [1.82, 2.24) is 4.90 Å². The quantitative estimate of drug-likeness (QED) is 0.707. The Hall–Kier alpha value is -1.12. The molecular weight excluding hydrogens is 274 g/mol. The normalized spacial score (nSPS) is 13.7. The topological polar surface area (TPSA) is 3.24 Å². The van der Waals surface area contributed by atoms with Crippen LogP contribution in [0.25, 0.3) is 10.4 Å². The van der Waals surface area contributed by atoms with E-state index in [0.29, 0.717) is 11.3 Å². The molecule has 0 saturated heterocycles. The Balaban J connectivity index is 2.34. The Morgan fingerprint density at radius 2 is 1.71 bits per heavy atom. The molecule has 1 aromatic heterocycles.